The first-order chi connectivity index (χ1) is 9.81. The molecular weight excluding hydrogens is 274 g/mol. The van der Waals surface area contributed by atoms with Gasteiger partial charge in [-0.05, 0) is 32.6 Å². The molecule has 1 heterocycles. The van der Waals surface area contributed by atoms with E-state index < -0.39 is 12.0 Å². The number of nitrogens with zero attached hydrogens (tertiary/aromatic N) is 1. The fraction of sp³-hybridized carbons (Fsp3) is 0.786. The van der Waals surface area contributed by atoms with Gasteiger partial charge in [-0.15, -0.1) is 0 Å². The Morgan fingerprint density at radius 3 is 2.52 bits per heavy atom. The molecule has 0 spiro atoms. The molecule has 7 nitrogen and oxygen atoms in total. The van der Waals surface area contributed by atoms with Crippen molar-refractivity contribution in [3.8, 4) is 0 Å². The Labute approximate surface area is 125 Å². The number of carbonyl (C=O) groups is 3. The van der Waals surface area contributed by atoms with Crippen LogP contribution in [-0.4, -0.2) is 53.1 Å². The van der Waals surface area contributed by atoms with Crippen LogP contribution in [0, 0.1) is 5.92 Å². The minimum absolute atomic E-state index is 0.0164. The summed E-state index contributed by atoms with van der Waals surface area (Å²) in [7, 11) is 0. The van der Waals surface area contributed by atoms with Crippen LogP contribution in [0.2, 0.25) is 0 Å². The molecule has 0 aliphatic carbocycles. The summed E-state index contributed by atoms with van der Waals surface area (Å²) < 4.78 is 0. The van der Waals surface area contributed by atoms with Crippen molar-refractivity contribution in [1.82, 2.24) is 15.5 Å². The minimum Gasteiger partial charge on any atom is -0.481 e. The quantitative estimate of drug-likeness (QED) is 0.675. The van der Waals surface area contributed by atoms with E-state index in [0.29, 0.717) is 19.5 Å². The van der Waals surface area contributed by atoms with E-state index in [2.05, 4.69) is 10.6 Å². The van der Waals surface area contributed by atoms with Crippen molar-refractivity contribution < 1.29 is 19.5 Å². The van der Waals surface area contributed by atoms with Crippen LogP contribution < -0.4 is 10.6 Å². The van der Waals surface area contributed by atoms with Gasteiger partial charge in [0.05, 0.1) is 0 Å². The molecule has 0 bridgehead atoms. The average molecular weight is 299 g/mol. The zero-order valence-corrected chi connectivity index (χ0v) is 12.9. The molecule has 3 amide bonds. The Morgan fingerprint density at radius 1 is 1.29 bits per heavy atom. The standard InChI is InChI=1S/C14H25N3O4/c1-9(2)16-14(21)17-6-4-5-11(17)13(20)15-8-10(3)7-12(18)19/h9-11H,4-8H2,1-3H3,(H,15,20)(H,16,21)(H,18,19)/t10?,11-/m0/s1. The molecule has 1 rings (SSSR count). The molecule has 21 heavy (non-hydrogen) atoms. The Bertz CT molecular complexity index is 398. The van der Waals surface area contributed by atoms with E-state index in [1.54, 1.807) is 11.8 Å². The number of aliphatic carboxylic acids is 1. The summed E-state index contributed by atoms with van der Waals surface area (Å²) in [5, 5.41) is 14.2. The Kier molecular flexibility index (Phi) is 6.45. The van der Waals surface area contributed by atoms with Gasteiger partial charge in [-0.3, -0.25) is 9.59 Å². The lowest BCUT2D eigenvalue weighted by atomic mass is 10.1. The van der Waals surface area contributed by atoms with E-state index >= 15 is 0 Å². The largest absolute Gasteiger partial charge is 0.481 e. The zero-order valence-electron chi connectivity index (χ0n) is 12.9. The summed E-state index contributed by atoms with van der Waals surface area (Å²) in [5.74, 6) is -1.22. The number of carbonyl (C=O) groups excluding carboxylic acids is 2. The maximum atomic E-state index is 12.2. The number of rotatable bonds is 6. The summed E-state index contributed by atoms with van der Waals surface area (Å²) >= 11 is 0. The summed E-state index contributed by atoms with van der Waals surface area (Å²) in [6.07, 6.45) is 1.46. The third kappa shape index (κ3) is 5.61. The molecule has 1 aliphatic heterocycles. The van der Waals surface area contributed by atoms with Crippen LogP contribution in [0.1, 0.15) is 40.0 Å². The van der Waals surface area contributed by atoms with Gasteiger partial charge in [0.25, 0.3) is 0 Å². The van der Waals surface area contributed by atoms with E-state index in [-0.39, 0.29) is 30.3 Å². The highest BCUT2D eigenvalue weighted by molar-refractivity contribution is 5.87. The van der Waals surface area contributed by atoms with Gasteiger partial charge in [0.1, 0.15) is 6.04 Å². The monoisotopic (exact) mass is 299 g/mol. The third-order valence-electron chi connectivity index (χ3n) is 3.38. The predicted molar refractivity (Wildman–Crippen MR) is 77.8 cm³/mol. The van der Waals surface area contributed by atoms with Crippen LogP contribution in [0.5, 0.6) is 0 Å². The Balaban J connectivity index is 2.48. The van der Waals surface area contributed by atoms with Crippen molar-refractivity contribution in [3.63, 3.8) is 0 Å². The smallest absolute Gasteiger partial charge is 0.318 e. The van der Waals surface area contributed by atoms with Crippen molar-refractivity contribution >= 4 is 17.9 Å². The lowest BCUT2D eigenvalue weighted by Crippen LogP contribution is -2.51. The van der Waals surface area contributed by atoms with E-state index in [1.807, 2.05) is 13.8 Å². The van der Waals surface area contributed by atoms with E-state index in [0.717, 1.165) is 6.42 Å². The summed E-state index contributed by atoms with van der Waals surface area (Å²) in [6.45, 7) is 6.39. The second-order valence-electron chi connectivity index (χ2n) is 5.90. The molecule has 0 aromatic carbocycles. The van der Waals surface area contributed by atoms with E-state index in [4.69, 9.17) is 5.11 Å². The lowest BCUT2D eigenvalue weighted by molar-refractivity contribution is -0.138. The van der Waals surface area contributed by atoms with Gasteiger partial charge < -0.3 is 20.6 Å². The SMILES string of the molecule is CC(CNC(=O)[C@@H]1CCCN1C(=O)NC(C)C)CC(=O)O. The first-order valence-corrected chi connectivity index (χ1v) is 7.38. The molecule has 1 fully saturated rings. The molecule has 120 valence electrons. The number of hydrogen-bond acceptors (Lipinski definition) is 3. The number of carboxylic acids is 1. The van der Waals surface area contributed by atoms with Crippen LogP contribution in [-0.2, 0) is 9.59 Å². The van der Waals surface area contributed by atoms with Gasteiger partial charge in [-0.1, -0.05) is 6.92 Å². The highest BCUT2D eigenvalue weighted by Gasteiger charge is 2.34. The molecule has 0 aromatic rings. The van der Waals surface area contributed by atoms with Gasteiger partial charge in [0.2, 0.25) is 5.91 Å². The average Bonchev–Trinajstić information content (AvgIpc) is 2.83. The fourth-order valence-electron chi connectivity index (χ4n) is 2.38. The van der Waals surface area contributed by atoms with Crippen LogP contribution in [0.15, 0.2) is 0 Å². The topological polar surface area (TPSA) is 98.7 Å². The van der Waals surface area contributed by atoms with Gasteiger partial charge >= 0.3 is 12.0 Å². The molecule has 1 aliphatic rings. The Morgan fingerprint density at radius 2 is 1.95 bits per heavy atom. The van der Waals surface area contributed by atoms with Crippen LogP contribution in [0.4, 0.5) is 4.79 Å². The molecular formula is C14H25N3O4. The predicted octanol–water partition coefficient (Wildman–Crippen LogP) is 0.796. The molecule has 3 N–H and O–H groups in total. The molecule has 1 unspecified atom stereocenters. The summed E-state index contributed by atoms with van der Waals surface area (Å²) in [6, 6.07) is -0.653. The maximum Gasteiger partial charge on any atom is 0.318 e. The van der Waals surface area contributed by atoms with Crippen molar-refractivity contribution in [3.05, 3.63) is 0 Å². The third-order valence-corrected chi connectivity index (χ3v) is 3.38. The summed E-state index contributed by atoms with van der Waals surface area (Å²) in [5.41, 5.74) is 0. The number of urea groups is 1. The van der Waals surface area contributed by atoms with Crippen molar-refractivity contribution in [2.24, 2.45) is 5.92 Å². The highest BCUT2D eigenvalue weighted by Crippen LogP contribution is 2.17. The molecule has 0 radical (unpaired) electrons. The minimum atomic E-state index is -0.879. The number of likely N-dealkylation sites (tertiary alicyclic amines) is 1. The first kappa shape index (κ1) is 17.3. The normalized spacial score (nSPS) is 19.4. The molecule has 0 aromatic heterocycles. The first-order valence-electron chi connectivity index (χ1n) is 7.38. The molecule has 7 heteroatoms. The zero-order chi connectivity index (χ0) is 16.0. The van der Waals surface area contributed by atoms with Gasteiger partial charge in [0, 0.05) is 25.6 Å². The Hall–Kier alpha value is -1.79. The van der Waals surface area contributed by atoms with E-state index in [9.17, 15) is 14.4 Å². The van der Waals surface area contributed by atoms with Crippen molar-refractivity contribution in [2.75, 3.05) is 13.1 Å². The van der Waals surface area contributed by atoms with Crippen molar-refractivity contribution in [1.29, 1.82) is 0 Å². The molecule has 1 saturated heterocycles. The number of carboxylic acid groups (broad SMARTS) is 1. The second-order valence-corrected chi connectivity index (χ2v) is 5.90. The van der Waals surface area contributed by atoms with Gasteiger partial charge in [0.15, 0.2) is 0 Å². The van der Waals surface area contributed by atoms with Gasteiger partial charge in [-0.25, -0.2) is 4.79 Å². The highest BCUT2D eigenvalue weighted by atomic mass is 16.4. The maximum absolute atomic E-state index is 12.2. The number of amides is 3. The van der Waals surface area contributed by atoms with Crippen LogP contribution in [0.25, 0.3) is 0 Å². The fourth-order valence-corrected chi connectivity index (χ4v) is 2.38. The lowest BCUT2D eigenvalue weighted by Gasteiger charge is -2.25. The second kappa shape index (κ2) is 7.85. The van der Waals surface area contributed by atoms with Crippen LogP contribution in [0.3, 0.4) is 0 Å². The van der Waals surface area contributed by atoms with Gasteiger partial charge in [-0.2, -0.15) is 0 Å². The molecule has 2 atom stereocenters. The van der Waals surface area contributed by atoms with E-state index in [1.165, 1.54) is 0 Å². The van der Waals surface area contributed by atoms with Crippen LogP contribution >= 0.6 is 0 Å². The number of nitrogens with one attached hydrogen (secondary N) is 2. The molecule has 0 saturated carbocycles. The van der Waals surface area contributed by atoms with Crippen molar-refractivity contribution in [2.45, 2.75) is 52.1 Å². The number of hydrogen-bond donors (Lipinski definition) is 3. The summed E-state index contributed by atoms with van der Waals surface area (Å²) in [4.78, 5) is 36.3.